The Morgan fingerprint density at radius 1 is 1.33 bits per heavy atom. The molecule has 0 aliphatic rings. The second-order valence-electron chi connectivity index (χ2n) is 2.92. The van der Waals surface area contributed by atoms with Gasteiger partial charge in [0.05, 0.1) is 17.4 Å². The highest BCUT2D eigenvalue weighted by Gasteiger charge is 2.10. The van der Waals surface area contributed by atoms with Crippen molar-refractivity contribution in [1.82, 2.24) is 19.7 Å². The number of hydrogen-bond donors (Lipinski definition) is 0. The maximum Gasteiger partial charge on any atom is 0.161 e. The Bertz CT molecular complexity index is 481. The lowest BCUT2D eigenvalue weighted by molar-refractivity contribution is 0.818. The Labute approximate surface area is 96.9 Å². The predicted octanol–water partition coefficient (Wildman–Crippen LogP) is 2.53. The quantitative estimate of drug-likeness (QED) is 0.761. The van der Waals surface area contributed by atoms with Crippen molar-refractivity contribution in [3.8, 4) is 5.82 Å². The Balaban J connectivity index is 2.57. The minimum absolute atomic E-state index is 0.453. The van der Waals surface area contributed by atoms with Gasteiger partial charge in [-0.15, -0.1) is 0 Å². The molecule has 0 atom stereocenters. The van der Waals surface area contributed by atoms with Crippen molar-refractivity contribution < 1.29 is 0 Å². The first kappa shape index (κ1) is 10.4. The molecule has 0 aromatic carbocycles. The average Bonchev–Trinajstić information content (AvgIpc) is 2.64. The van der Waals surface area contributed by atoms with Crippen LogP contribution in [0.5, 0.6) is 0 Å². The summed E-state index contributed by atoms with van der Waals surface area (Å²) >= 11 is 11.7. The van der Waals surface area contributed by atoms with Gasteiger partial charge in [0.25, 0.3) is 0 Å². The third-order valence-electron chi connectivity index (χ3n) is 1.99. The van der Waals surface area contributed by atoms with E-state index in [1.54, 1.807) is 17.1 Å². The normalized spacial score (nSPS) is 10.6. The van der Waals surface area contributed by atoms with Crippen LogP contribution in [-0.4, -0.2) is 19.7 Å². The fourth-order valence-electron chi connectivity index (χ4n) is 1.30. The van der Waals surface area contributed by atoms with Crippen molar-refractivity contribution >= 4 is 23.2 Å². The number of hydrogen-bond acceptors (Lipinski definition) is 3. The Morgan fingerprint density at radius 3 is 2.73 bits per heavy atom. The first-order valence-electron chi connectivity index (χ1n) is 4.42. The Morgan fingerprint density at radius 2 is 2.13 bits per heavy atom. The summed E-state index contributed by atoms with van der Waals surface area (Å²) in [5, 5.41) is 5.09. The number of nitrogens with zero attached hydrogens (tertiary/aromatic N) is 4. The van der Waals surface area contributed by atoms with E-state index in [0.717, 1.165) is 12.0 Å². The summed E-state index contributed by atoms with van der Waals surface area (Å²) in [6, 6.07) is 0. The van der Waals surface area contributed by atoms with Crippen LogP contribution in [0.2, 0.25) is 10.2 Å². The zero-order valence-electron chi connectivity index (χ0n) is 7.98. The van der Waals surface area contributed by atoms with Gasteiger partial charge in [0, 0.05) is 5.56 Å². The highest BCUT2D eigenvalue weighted by molar-refractivity contribution is 6.30. The lowest BCUT2D eigenvalue weighted by Gasteiger charge is -2.06. The van der Waals surface area contributed by atoms with Crippen molar-refractivity contribution in [2.24, 2.45) is 0 Å². The van der Waals surface area contributed by atoms with Gasteiger partial charge in [-0.3, -0.25) is 0 Å². The molecule has 2 heterocycles. The number of aromatic nitrogens is 4. The smallest absolute Gasteiger partial charge is 0.161 e. The van der Waals surface area contributed by atoms with E-state index in [1.165, 1.54) is 6.33 Å². The van der Waals surface area contributed by atoms with Gasteiger partial charge in [-0.25, -0.2) is 14.6 Å². The van der Waals surface area contributed by atoms with Crippen LogP contribution in [-0.2, 0) is 6.42 Å². The van der Waals surface area contributed by atoms with Crippen LogP contribution in [0.25, 0.3) is 5.82 Å². The van der Waals surface area contributed by atoms with E-state index in [1.807, 2.05) is 6.92 Å². The maximum atomic E-state index is 5.96. The molecule has 0 radical (unpaired) electrons. The molecule has 0 spiro atoms. The van der Waals surface area contributed by atoms with Gasteiger partial charge in [-0.2, -0.15) is 5.10 Å². The average molecular weight is 243 g/mol. The van der Waals surface area contributed by atoms with Crippen molar-refractivity contribution in [2.45, 2.75) is 13.3 Å². The molecule has 2 rings (SSSR count). The molecule has 4 nitrogen and oxygen atoms in total. The molecule has 0 aliphatic carbocycles. The van der Waals surface area contributed by atoms with Gasteiger partial charge in [0.2, 0.25) is 0 Å². The Kier molecular flexibility index (Phi) is 2.88. The molecular formula is C9H8Cl2N4. The molecule has 6 heteroatoms. The molecule has 78 valence electrons. The van der Waals surface area contributed by atoms with Gasteiger partial charge in [-0.05, 0) is 6.42 Å². The lowest BCUT2D eigenvalue weighted by atomic mass is 10.2. The first-order valence-corrected chi connectivity index (χ1v) is 5.18. The number of halogens is 2. The molecular weight excluding hydrogens is 235 g/mol. The summed E-state index contributed by atoms with van der Waals surface area (Å²) in [5.41, 5.74) is 0.860. The molecule has 2 aromatic rings. The summed E-state index contributed by atoms with van der Waals surface area (Å²) in [7, 11) is 0. The summed E-state index contributed by atoms with van der Waals surface area (Å²) in [6.07, 6.45) is 5.38. The Hall–Kier alpha value is -1.13. The third-order valence-corrected chi connectivity index (χ3v) is 2.51. The van der Waals surface area contributed by atoms with E-state index in [2.05, 4.69) is 15.1 Å². The minimum Gasteiger partial charge on any atom is -0.224 e. The van der Waals surface area contributed by atoms with E-state index in [4.69, 9.17) is 23.2 Å². The van der Waals surface area contributed by atoms with Crippen LogP contribution in [0.3, 0.4) is 0 Å². The summed E-state index contributed by atoms with van der Waals surface area (Å²) in [6.45, 7) is 1.99. The molecule has 2 aromatic heterocycles. The molecule has 0 aliphatic heterocycles. The van der Waals surface area contributed by atoms with Crippen LogP contribution in [0.1, 0.15) is 12.5 Å². The highest BCUT2D eigenvalue weighted by Crippen LogP contribution is 2.19. The molecule has 0 N–H and O–H groups in total. The van der Waals surface area contributed by atoms with Crippen molar-refractivity contribution in [2.75, 3.05) is 0 Å². The van der Waals surface area contributed by atoms with Gasteiger partial charge in [0.15, 0.2) is 5.82 Å². The largest absolute Gasteiger partial charge is 0.224 e. The number of rotatable bonds is 2. The van der Waals surface area contributed by atoms with E-state index < -0.39 is 0 Å². The second-order valence-corrected chi connectivity index (χ2v) is 3.72. The maximum absolute atomic E-state index is 5.96. The van der Waals surface area contributed by atoms with Crippen molar-refractivity contribution in [3.05, 3.63) is 34.5 Å². The van der Waals surface area contributed by atoms with Crippen LogP contribution >= 0.6 is 23.2 Å². The van der Waals surface area contributed by atoms with Gasteiger partial charge < -0.3 is 0 Å². The zero-order valence-corrected chi connectivity index (χ0v) is 9.50. The van der Waals surface area contributed by atoms with Crippen LogP contribution < -0.4 is 0 Å². The second kappa shape index (κ2) is 4.16. The van der Waals surface area contributed by atoms with Crippen LogP contribution in [0.15, 0.2) is 18.7 Å². The molecule has 15 heavy (non-hydrogen) atoms. The van der Waals surface area contributed by atoms with Crippen molar-refractivity contribution in [3.63, 3.8) is 0 Å². The standard InChI is InChI=1S/C9H8Cl2N4/c1-2-7-8(11)12-5-13-9(7)15-4-6(10)3-14-15/h3-5H,2H2,1H3. The van der Waals surface area contributed by atoms with Crippen LogP contribution in [0.4, 0.5) is 0 Å². The zero-order chi connectivity index (χ0) is 10.8. The highest BCUT2D eigenvalue weighted by atomic mass is 35.5. The molecule has 0 saturated carbocycles. The molecule has 0 amide bonds. The fraction of sp³-hybridized carbons (Fsp3) is 0.222. The van der Waals surface area contributed by atoms with E-state index >= 15 is 0 Å². The van der Waals surface area contributed by atoms with E-state index in [0.29, 0.717) is 16.0 Å². The molecule has 0 saturated heterocycles. The van der Waals surface area contributed by atoms with Gasteiger partial charge in [-0.1, -0.05) is 30.1 Å². The summed E-state index contributed by atoms with van der Waals surface area (Å²) in [4.78, 5) is 8.06. The van der Waals surface area contributed by atoms with Crippen molar-refractivity contribution in [1.29, 1.82) is 0 Å². The summed E-state index contributed by atoms with van der Waals surface area (Å²) in [5.74, 6) is 0.671. The summed E-state index contributed by atoms with van der Waals surface area (Å²) < 4.78 is 1.59. The molecule has 0 unspecified atom stereocenters. The first-order chi connectivity index (χ1) is 7.22. The monoisotopic (exact) mass is 242 g/mol. The van der Waals surface area contributed by atoms with Crippen LogP contribution in [0, 0.1) is 0 Å². The molecule has 0 fully saturated rings. The third kappa shape index (κ3) is 1.96. The fourth-order valence-corrected chi connectivity index (χ4v) is 1.70. The lowest BCUT2D eigenvalue weighted by Crippen LogP contribution is -2.04. The van der Waals surface area contributed by atoms with E-state index in [9.17, 15) is 0 Å². The van der Waals surface area contributed by atoms with Gasteiger partial charge in [0.1, 0.15) is 11.5 Å². The van der Waals surface area contributed by atoms with E-state index in [-0.39, 0.29) is 0 Å². The molecule has 0 bridgehead atoms. The predicted molar refractivity (Wildman–Crippen MR) is 58.6 cm³/mol. The SMILES string of the molecule is CCc1c(Cl)ncnc1-n1cc(Cl)cn1. The topological polar surface area (TPSA) is 43.6 Å². The minimum atomic E-state index is 0.453. The van der Waals surface area contributed by atoms with Gasteiger partial charge >= 0.3 is 0 Å².